The SMILES string of the molecule is CCN(C(=O)COC(=O)c1ccc(OC)c(S(=O)(=O)N2CCOCC2)c1)[C@@H]1CCS(=O)(=O)C1. The first-order chi connectivity index (χ1) is 15.6. The molecular weight excluding hydrogens is 476 g/mol. The maximum Gasteiger partial charge on any atom is 0.338 e. The third-order valence-electron chi connectivity index (χ3n) is 5.62. The summed E-state index contributed by atoms with van der Waals surface area (Å²) in [5, 5.41) is 0. The molecule has 0 N–H and O–H groups in total. The van der Waals surface area contributed by atoms with Crippen LogP contribution in [0.2, 0.25) is 0 Å². The topological polar surface area (TPSA) is 137 Å². The Hall–Kier alpha value is -2.22. The van der Waals surface area contributed by atoms with Gasteiger partial charge >= 0.3 is 5.97 Å². The molecule has 2 saturated heterocycles. The van der Waals surface area contributed by atoms with Gasteiger partial charge in [0.1, 0.15) is 10.6 Å². The fourth-order valence-corrected chi connectivity index (χ4v) is 7.20. The second-order valence-corrected chi connectivity index (χ2v) is 11.8. The second kappa shape index (κ2) is 10.4. The van der Waals surface area contributed by atoms with Crippen molar-refractivity contribution in [3.8, 4) is 5.75 Å². The zero-order valence-corrected chi connectivity index (χ0v) is 20.2. The van der Waals surface area contributed by atoms with Gasteiger partial charge in [0.15, 0.2) is 16.4 Å². The molecule has 2 aliphatic heterocycles. The van der Waals surface area contributed by atoms with Crippen LogP contribution in [0.15, 0.2) is 23.1 Å². The molecule has 0 aromatic heterocycles. The molecule has 2 fully saturated rings. The van der Waals surface area contributed by atoms with Gasteiger partial charge in [-0.3, -0.25) is 4.79 Å². The van der Waals surface area contributed by atoms with Crippen LogP contribution in [0.4, 0.5) is 0 Å². The number of sulfone groups is 1. The van der Waals surface area contributed by atoms with Gasteiger partial charge in [0.2, 0.25) is 10.0 Å². The van der Waals surface area contributed by atoms with E-state index < -0.39 is 44.4 Å². The van der Waals surface area contributed by atoms with Crippen molar-refractivity contribution in [2.45, 2.75) is 24.3 Å². The molecule has 184 valence electrons. The van der Waals surface area contributed by atoms with Gasteiger partial charge in [0, 0.05) is 25.7 Å². The number of hydrogen-bond donors (Lipinski definition) is 0. The molecule has 3 rings (SSSR count). The molecule has 0 unspecified atom stereocenters. The van der Waals surface area contributed by atoms with Gasteiger partial charge in [-0.1, -0.05) is 0 Å². The molecule has 1 aromatic rings. The monoisotopic (exact) mass is 504 g/mol. The number of rotatable bonds is 8. The Balaban J connectivity index is 1.72. The highest BCUT2D eigenvalue weighted by molar-refractivity contribution is 7.91. The predicted octanol–water partition coefficient (Wildman–Crippen LogP) is -0.0915. The third-order valence-corrected chi connectivity index (χ3v) is 9.29. The number of nitrogens with zero attached hydrogens (tertiary/aromatic N) is 2. The summed E-state index contributed by atoms with van der Waals surface area (Å²) in [6.45, 7) is 2.30. The lowest BCUT2D eigenvalue weighted by Crippen LogP contribution is -2.43. The Kier molecular flexibility index (Phi) is 7.98. The standard InChI is InChI=1S/C20H28N2O9S2/c1-3-22(16-6-11-32(25,26)14-16)19(23)13-31-20(24)15-4-5-17(29-2)18(12-15)33(27,28)21-7-9-30-10-8-21/h4-5,12,16H,3,6-11,13-14H2,1-2H3/t16-/m1/s1. The Bertz CT molecular complexity index is 1100. The fourth-order valence-electron chi connectivity index (χ4n) is 3.88. The van der Waals surface area contributed by atoms with Gasteiger partial charge in [-0.15, -0.1) is 0 Å². The van der Waals surface area contributed by atoms with Crippen LogP contribution in [-0.2, 0) is 34.1 Å². The third kappa shape index (κ3) is 5.83. The number of esters is 1. The van der Waals surface area contributed by atoms with Gasteiger partial charge in [-0.05, 0) is 31.5 Å². The normalized spacial score (nSPS) is 20.8. The lowest BCUT2D eigenvalue weighted by atomic mass is 10.2. The van der Waals surface area contributed by atoms with Crippen LogP contribution < -0.4 is 4.74 Å². The van der Waals surface area contributed by atoms with E-state index in [0.29, 0.717) is 6.42 Å². The van der Waals surface area contributed by atoms with Crippen LogP contribution in [0.25, 0.3) is 0 Å². The van der Waals surface area contributed by atoms with Gasteiger partial charge < -0.3 is 19.1 Å². The number of methoxy groups -OCH3 is 1. The number of amides is 1. The number of ether oxygens (including phenoxy) is 3. The lowest BCUT2D eigenvalue weighted by Gasteiger charge is -2.27. The molecular formula is C20H28N2O9S2. The van der Waals surface area contributed by atoms with Crippen LogP contribution in [-0.4, -0.2) is 102 Å². The first-order valence-electron chi connectivity index (χ1n) is 10.5. The van der Waals surface area contributed by atoms with Crippen molar-refractivity contribution in [1.29, 1.82) is 0 Å². The van der Waals surface area contributed by atoms with E-state index in [2.05, 4.69) is 0 Å². The van der Waals surface area contributed by atoms with E-state index in [1.807, 2.05) is 0 Å². The Morgan fingerprint density at radius 1 is 1.24 bits per heavy atom. The van der Waals surface area contributed by atoms with Crippen molar-refractivity contribution in [2.24, 2.45) is 0 Å². The van der Waals surface area contributed by atoms with Gasteiger partial charge in [-0.2, -0.15) is 4.31 Å². The Morgan fingerprint density at radius 3 is 2.52 bits per heavy atom. The molecule has 0 radical (unpaired) electrons. The van der Waals surface area contributed by atoms with Crippen molar-refractivity contribution in [3.05, 3.63) is 23.8 Å². The minimum absolute atomic E-state index is 0.0213. The summed E-state index contributed by atoms with van der Waals surface area (Å²) in [6, 6.07) is 3.42. The van der Waals surface area contributed by atoms with E-state index in [-0.39, 0.29) is 60.6 Å². The van der Waals surface area contributed by atoms with Crippen molar-refractivity contribution >= 4 is 31.7 Å². The largest absolute Gasteiger partial charge is 0.495 e. The molecule has 2 heterocycles. The number of likely N-dealkylation sites (N-methyl/N-ethyl adjacent to an activating group) is 1. The maximum absolute atomic E-state index is 13.1. The molecule has 0 bridgehead atoms. The Morgan fingerprint density at radius 2 is 1.94 bits per heavy atom. The summed E-state index contributed by atoms with van der Waals surface area (Å²) < 4.78 is 66.3. The minimum Gasteiger partial charge on any atom is -0.495 e. The molecule has 13 heteroatoms. The molecule has 1 aromatic carbocycles. The summed E-state index contributed by atoms with van der Waals surface area (Å²) in [4.78, 5) is 26.3. The number of morpholine rings is 1. The zero-order valence-electron chi connectivity index (χ0n) is 18.6. The van der Waals surface area contributed by atoms with Crippen LogP contribution in [0, 0.1) is 0 Å². The highest BCUT2D eigenvalue weighted by Crippen LogP contribution is 2.28. The van der Waals surface area contributed by atoms with Crippen LogP contribution >= 0.6 is 0 Å². The summed E-state index contributed by atoms with van der Waals surface area (Å²) in [5.74, 6) is -1.40. The first-order valence-corrected chi connectivity index (χ1v) is 13.8. The van der Waals surface area contributed by atoms with E-state index in [0.717, 1.165) is 6.07 Å². The number of carbonyl (C=O) groups is 2. The number of hydrogen-bond acceptors (Lipinski definition) is 9. The zero-order chi connectivity index (χ0) is 24.2. The molecule has 0 saturated carbocycles. The molecule has 2 aliphatic rings. The summed E-state index contributed by atoms with van der Waals surface area (Å²) in [6.07, 6.45) is 0.344. The fraction of sp³-hybridized carbons (Fsp3) is 0.600. The summed E-state index contributed by atoms with van der Waals surface area (Å²) in [5.41, 5.74) is -0.0538. The highest BCUT2D eigenvalue weighted by Gasteiger charge is 2.34. The van der Waals surface area contributed by atoms with Crippen molar-refractivity contribution in [2.75, 3.05) is 58.1 Å². The number of benzene rings is 1. The number of sulfonamides is 1. The first kappa shape index (κ1) is 25.4. The van der Waals surface area contributed by atoms with Gasteiger partial charge in [0.25, 0.3) is 5.91 Å². The van der Waals surface area contributed by atoms with Gasteiger partial charge in [0.05, 0.1) is 37.4 Å². The van der Waals surface area contributed by atoms with Crippen molar-refractivity contribution < 1.29 is 40.6 Å². The average Bonchev–Trinajstić information content (AvgIpc) is 3.17. The molecule has 1 atom stereocenters. The smallest absolute Gasteiger partial charge is 0.338 e. The quantitative estimate of drug-likeness (QED) is 0.445. The maximum atomic E-state index is 13.1. The van der Waals surface area contributed by atoms with Crippen LogP contribution in [0.1, 0.15) is 23.7 Å². The molecule has 11 nitrogen and oxygen atoms in total. The van der Waals surface area contributed by atoms with E-state index in [9.17, 15) is 26.4 Å². The van der Waals surface area contributed by atoms with Crippen LogP contribution in [0.3, 0.4) is 0 Å². The van der Waals surface area contributed by atoms with E-state index in [1.54, 1.807) is 6.92 Å². The summed E-state index contributed by atoms with van der Waals surface area (Å²) >= 11 is 0. The average molecular weight is 505 g/mol. The highest BCUT2D eigenvalue weighted by atomic mass is 32.2. The molecule has 33 heavy (non-hydrogen) atoms. The lowest BCUT2D eigenvalue weighted by molar-refractivity contribution is -0.136. The van der Waals surface area contributed by atoms with Crippen LogP contribution in [0.5, 0.6) is 5.75 Å². The predicted molar refractivity (Wildman–Crippen MR) is 117 cm³/mol. The molecule has 1 amide bonds. The van der Waals surface area contributed by atoms with E-state index >= 15 is 0 Å². The molecule has 0 aliphatic carbocycles. The summed E-state index contributed by atoms with van der Waals surface area (Å²) in [7, 11) is -5.79. The second-order valence-electron chi connectivity index (χ2n) is 7.69. The van der Waals surface area contributed by atoms with E-state index in [1.165, 1.54) is 28.4 Å². The van der Waals surface area contributed by atoms with Crippen molar-refractivity contribution in [1.82, 2.24) is 9.21 Å². The van der Waals surface area contributed by atoms with Crippen molar-refractivity contribution in [3.63, 3.8) is 0 Å². The Labute approximate surface area is 193 Å². The van der Waals surface area contributed by atoms with Gasteiger partial charge in [-0.25, -0.2) is 21.6 Å². The number of carbonyl (C=O) groups excluding carboxylic acids is 2. The van der Waals surface area contributed by atoms with E-state index in [4.69, 9.17) is 14.2 Å². The molecule has 0 spiro atoms. The minimum atomic E-state index is -3.94.